The van der Waals surface area contributed by atoms with E-state index < -0.39 is 11.7 Å². The van der Waals surface area contributed by atoms with E-state index in [1.54, 1.807) is 13.0 Å². The van der Waals surface area contributed by atoms with E-state index in [0.29, 0.717) is 28.4 Å². The van der Waals surface area contributed by atoms with E-state index in [1.807, 2.05) is 0 Å². The second-order valence-corrected chi connectivity index (χ2v) is 7.64. The molecule has 1 aromatic carbocycles. The van der Waals surface area contributed by atoms with Crippen LogP contribution in [-0.4, -0.2) is 33.7 Å². The summed E-state index contributed by atoms with van der Waals surface area (Å²) in [7, 11) is 1.38. The number of ether oxygens (including phenoxy) is 1. The largest absolute Gasteiger partial charge is 0.480 e. The Morgan fingerprint density at radius 1 is 1.28 bits per heavy atom. The van der Waals surface area contributed by atoms with Gasteiger partial charge in [-0.05, 0) is 23.8 Å². The van der Waals surface area contributed by atoms with Crippen molar-refractivity contribution in [3.8, 4) is 5.88 Å². The summed E-state index contributed by atoms with van der Waals surface area (Å²) in [6.07, 6.45) is -2.99. The lowest BCUT2D eigenvalue weighted by atomic mass is 9.98. The van der Waals surface area contributed by atoms with Gasteiger partial charge in [0, 0.05) is 24.8 Å². The maximum absolute atomic E-state index is 12.9. The summed E-state index contributed by atoms with van der Waals surface area (Å²) >= 11 is 6.12. The molecule has 166 valence electrons. The van der Waals surface area contributed by atoms with Crippen LogP contribution in [0, 0.1) is 0 Å². The van der Waals surface area contributed by atoms with E-state index in [0.717, 1.165) is 12.1 Å². The highest BCUT2D eigenvalue weighted by Crippen LogP contribution is 2.36. The van der Waals surface area contributed by atoms with Crippen LogP contribution in [0.25, 0.3) is 0 Å². The van der Waals surface area contributed by atoms with Crippen molar-refractivity contribution in [2.45, 2.75) is 31.9 Å². The number of methoxy groups -OCH3 is 1. The number of Topliss-reactive ketones (excluding diaryl/α,β-unsaturated/α-hetero) is 1. The first-order chi connectivity index (χ1) is 15.2. The van der Waals surface area contributed by atoms with Crippen molar-refractivity contribution < 1.29 is 27.2 Å². The Balaban J connectivity index is 1.48. The average Bonchev–Trinajstić information content (AvgIpc) is 3.39. The lowest BCUT2D eigenvalue weighted by molar-refractivity contribution is -0.137. The number of aromatic nitrogens is 3. The molecule has 0 saturated heterocycles. The summed E-state index contributed by atoms with van der Waals surface area (Å²) in [6.45, 7) is 1.78. The van der Waals surface area contributed by atoms with Crippen LogP contribution in [0.4, 0.5) is 18.9 Å². The Kier molecular flexibility index (Phi) is 5.72. The molecule has 2 aromatic heterocycles. The third kappa shape index (κ3) is 4.22. The van der Waals surface area contributed by atoms with Gasteiger partial charge >= 0.3 is 6.18 Å². The molecule has 0 radical (unpaired) electrons. The summed E-state index contributed by atoms with van der Waals surface area (Å²) in [5, 5.41) is 4.04. The van der Waals surface area contributed by atoms with Gasteiger partial charge in [0.15, 0.2) is 11.5 Å². The van der Waals surface area contributed by atoms with Crippen molar-refractivity contribution >= 4 is 28.8 Å². The highest BCUT2D eigenvalue weighted by molar-refractivity contribution is 6.34. The van der Waals surface area contributed by atoms with E-state index in [4.69, 9.17) is 20.9 Å². The van der Waals surface area contributed by atoms with Crippen LogP contribution in [0.2, 0.25) is 5.02 Å². The molecule has 0 saturated carbocycles. The monoisotopic (exact) mass is 464 g/mol. The van der Waals surface area contributed by atoms with Gasteiger partial charge in [0.1, 0.15) is 17.0 Å². The molecule has 0 amide bonds. The molecule has 0 fully saturated rings. The van der Waals surface area contributed by atoms with Gasteiger partial charge in [-0.25, -0.2) is 15.0 Å². The molecule has 1 atom stereocenters. The molecule has 3 aromatic rings. The minimum absolute atomic E-state index is 0.0318. The summed E-state index contributed by atoms with van der Waals surface area (Å²) < 4.78 is 49.2. The van der Waals surface area contributed by atoms with Crippen molar-refractivity contribution in [1.29, 1.82) is 0 Å². The number of fused-ring (bicyclic) bond motifs is 1. The van der Waals surface area contributed by atoms with Gasteiger partial charge in [0.25, 0.3) is 0 Å². The van der Waals surface area contributed by atoms with E-state index >= 15 is 0 Å². The standard InChI is InChI=1S/C21H16ClF3N4O3/c1-10(5-16(30)19-18(22)20(31-2)27-9-26-19)14-8-17(32-29-14)15-7-11-6-12(21(23,24)25)3-4-13(11)28-15/h3-4,6,8-10H,5,7H2,1-2H3/t10-/m1/s1. The van der Waals surface area contributed by atoms with Gasteiger partial charge in [-0.3, -0.25) is 4.79 Å². The quantitative estimate of drug-likeness (QED) is 0.466. The predicted octanol–water partition coefficient (Wildman–Crippen LogP) is 5.20. The Labute approximate surface area is 185 Å². The average molecular weight is 465 g/mol. The van der Waals surface area contributed by atoms with Crippen LogP contribution in [0.5, 0.6) is 5.88 Å². The molecule has 0 bridgehead atoms. The number of nitrogens with zero attached hydrogens (tertiary/aromatic N) is 4. The molecule has 4 rings (SSSR count). The minimum atomic E-state index is -4.42. The molecule has 0 N–H and O–H groups in total. The fourth-order valence-corrected chi connectivity index (χ4v) is 3.63. The number of benzene rings is 1. The normalized spacial score (nSPS) is 14.1. The van der Waals surface area contributed by atoms with Crippen LogP contribution in [0.15, 0.2) is 40.1 Å². The summed E-state index contributed by atoms with van der Waals surface area (Å²) in [5.74, 6) is -0.212. The van der Waals surface area contributed by atoms with Gasteiger partial charge < -0.3 is 9.26 Å². The summed E-state index contributed by atoms with van der Waals surface area (Å²) in [4.78, 5) is 24.8. The molecule has 1 aliphatic rings. The number of halogens is 4. The van der Waals surface area contributed by atoms with Crippen LogP contribution < -0.4 is 4.74 Å². The summed E-state index contributed by atoms with van der Waals surface area (Å²) in [6, 6.07) is 5.06. The highest BCUT2D eigenvalue weighted by atomic mass is 35.5. The zero-order valence-electron chi connectivity index (χ0n) is 16.9. The SMILES string of the molecule is COc1ncnc(C(=O)C[C@@H](C)c2cc(C3=Nc4ccc(C(F)(F)F)cc4C3)on2)c1Cl. The van der Waals surface area contributed by atoms with Crippen molar-refractivity contribution in [3.05, 3.63) is 63.9 Å². The summed E-state index contributed by atoms with van der Waals surface area (Å²) in [5.41, 5.74) is 1.22. The third-order valence-electron chi connectivity index (χ3n) is 5.04. The van der Waals surface area contributed by atoms with Gasteiger partial charge in [0.05, 0.1) is 29.8 Å². The van der Waals surface area contributed by atoms with Crippen LogP contribution >= 0.6 is 11.6 Å². The maximum atomic E-state index is 12.9. The molecule has 0 spiro atoms. The van der Waals surface area contributed by atoms with Crippen molar-refractivity contribution in [3.63, 3.8) is 0 Å². The number of rotatable bonds is 6. The number of aliphatic imine (C=N–C) groups is 1. The number of alkyl halides is 3. The zero-order chi connectivity index (χ0) is 23.0. The van der Waals surface area contributed by atoms with Gasteiger partial charge in [-0.1, -0.05) is 23.7 Å². The molecular formula is C21H16ClF3N4O3. The second-order valence-electron chi connectivity index (χ2n) is 7.27. The van der Waals surface area contributed by atoms with E-state index in [9.17, 15) is 18.0 Å². The number of hydrogen-bond acceptors (Lipinski definition) is 7. The number of ketones is 1. The van der Waals surface area contributed by atoms with Crippen LogP contribution in [0.3, 0.4) is 0 Å². The van der Waals surface area contributed by atoms with Crippen molar-refractivity contribution in [1.82, 2.24) is 15.1 Å². The van der Waals surface area contributed by atoms with Gasteiger partial charge in [0.2, 0.25) is 5.88 Å². The van der Waals surface area contributed by atoms with Crippen molar-refractivity contribution in [2.75, 3.05) is 7.11 Å². The zero-order valence-corrected chi connectivity index (χ0v) is 17.7. The van der Waals surface area contributed by atoms with E-state index in [-0.39, 0.29) is 41.1 Å². The number of carbonyl (C=O) groups is 1. The molecule has 7 nitrogen and oxygen atoms in total. The Morgan fingerprint density at radius 3 is 2.78 bits per heavy atom. The Bertz CT molecular complexity index is 1220. The lowest BCUT2D eigenvalue weighted by Crippen LogP contribution is -2.09. The first kappa shape index (κ1) is 21.9. The smallest absolute Gasteiger partial charge is 0.416 e. The van der Waals surface area contributed by atoms with Gasteiger partial charge in [-0.15, -0.1) is 0 Å². The fourth-order valence-electron chi connectivity index (χ4n) is 3.35. The minimum Gasteiger partial charge on any atom is -0.480 e. The molecule has 0 unspecified atom stereocenters. The molecular weight excluding hydrogens is 449 g/mol. The number of carbonyl (C=O) groups excluding carboxylic acids is 1. The van der Waals surface area contributed by atoms with Gasteiger partial charge in [-0.2, -0.15) is 13.2 Å². The molecule has 3 heterocycles. The predicted molar refractivity (Wildman–Crippen MR) is 109 cm³/mol. The molecule has 11 heteroatoms. The Hall–Kier alpha value is -3.27. The lowest BCUT2D eigenvalue weighted by Gasteiger charge is -2.08. The molecule has 0 aliphatic carbocycles. The van der Waals surface area contributed by atoms with E-state index in [1.165, 1.54) is 19.5 Å². The molecule has 1 aliphatic heterocycles. The highest BCUT2D eigenvalue weighted by Gasteiger charge is 2.32. The number of hydrogen-bond donors (Lipinski definition) is 0. The topological polar surface area (TPSA) is 90.5 Å². The Morgan fingerprint density at radius 2 is 2.06 bits per heavy atom. The molecule has 32 heavy (non-hydrogen) atoms. The first-order valence-corrected chi connectivity index (χ1v) is 9.87. The van der Waals surface area contributed by atoms with Crippen molar-refractivity contribution in [2.24, 2.45) is 4.99 Å². The first-order valence-electron chi connectivity index (χ1n) is 9.49. The third-order valence-corrected chi connectivity index (χ3v) is 5.39. The fraction of sp³-hybridized carbons (Fsp3) is 0.286. The van der Waals surface area contributed by atoms with Crippen LogP contribution in [-0.2, 0) is 12.6 Å². The van der Waals surface area contributed by atoms with Crippen LogP contribution in [0.1, 0.15) is 52.3 Å². The second kappa shape index (κ2) is 8.34. The maximum Gasteiger partial charge on any atom is 0.416 e. The van der Waals surface area contributed by atoms with E-state index in [2.05, 4.69) is 20.1 Å².